The van der Waals surface area contributed by atoms with E-state index < -0.39 is 0 Å². The molecular weight excluding hydrogens is 312 g/mol. The highest BCUT2D eigenvalue weighted by Crippen LogP contribution is 2.21. The Bertz CT molecular complexity index is 689. The Balaban J connectivity index is 2.04. The fourth-order valence-corrected chi connectivity index (χ4v) is 2.48. The molecule has 3 aromatic rings. The summed E-state index contributed by atoms with van der Waals surface area (Å²) in [5.74, 6) is 0. The molecule has 0 atom stereocenters. The van der Waals surface area contributed by atoms with E-state index >= 15 is 0 Å². The predicted octanol–water partition coefficient (Wildman–Crippen LogP) is 4.50. The summed E-state index contributed by atoms with van der Waals surface area (Å²) >= 11 is 9.62. The van der Waals surface area contributed by atoms with Gasteiger partial charge in [0.2, 0.25) is 5.28 Å². The van der Waals surface area contributed by atoms with E-state index in [4.69, 9.17) is 11.6 Å². The topological polar surface area (TPSA) is 17.8 Å². The molecule has 4 heteroatoms. The third kappa shape index (κ3) is 2.16. The lowest BCUT2D eigenvalue weighted by Crippen LogP contribution is -1.99. The summed E-state index contributed by atoms with van der Waals surface area (Å²) in [4.78, 5) is 4.35. The smallest absolute Gasteiger partial charge is 0.204 e. The van der Waals surface area contributed by atoms with Crippen LogP contribution in [0.5, 0.6) is 0 Å². The van der Waals surface area contributed by atoms with Gasteiger partial charge in [0.15, 0.2) is 0 Å². The quantitative estimate of drug-likeness (QED) is 0.679. The molecule has 0 fully saturated rings. The van der Waals surface area contributed by atoms with Crippen LogP contribution in [-0.4, -0.2) is 9.55 Å². The molecule has 2 aromatic carbocycles. The van der Waals surface area contributed by atoms with E-state index in [0.29, 0.717) is 5.28 Å². The van der Waals surface area contributed by atoms with Crippen LogP contribution in [0.2, 0.25) is 5.28 Å². The van der Waals surface area contributed by atoms with Crippen molar-refractivity contribution in [3.05, 3.63) is 63.9 Å². The number of hydrogen-bond donors (Lipinski definition) is 0. The summed E-state index contributed by atoms with van der Waals surface area (Å²) in [5.41, 5.74) is 3.19. The lowest BCUT2D eigenvalue weighted by Gasteiger charge is -2.06. The highest BCUT2D eigenvalue weighted by Gasteiger charge is 2.08. The molecule has 1 aromatic heterocycles. The van der Waals surface area contributed by atoms with Crippen LogP contribution in [-0.2, 0) is 6.54 Å². The number of imidazole rings is 1. The molecule has 2 nitrogen and oxygen atoms in total. The van der Waals surface area contributed by atoms with Gasteiger partial charge in [-0.3, -0.25) is 0 Å². The number of benzene rings is 2. The second-order valence-electron chi connectivity index (χ2n) is 4.08. The van der Waals surface area contributed by atoms with Crippen molar-refractivity contribution in [1.82, 2.24) is 9.55 Å². The van der Waals surface area contributed by atoms with Crippen LogP contribution in [0.4, 0.5) is 0 Å². The van der Waals surface area contributed by atoms with E-state index in [2.05, 4.69) is 33.0 Å². The van der Waals surface area contributed by atoms with Crippen molar-refractivity contribution in [2.75, 3.05) is 0 Å². The van der Waals surface area contributed by atoms with Crippen molar-refractivity contribution < 1.29 is 0 Å². The summed E-state index contributed by atoms with van der Waals surface area (Å²) in [6, 6.07) is 16.2. The normalized spacial score (nSPS) is 11.0. The Morgan fingerprint density at radius 3 is 2.56 bits per heavy atom. The lowest BCUT2D eigenvalue weighted by atomic mass is 10.2. The molecule has 0 amide bonds. The van der Waals surface area contributed by atoms with E-state index in [0.717, 1.165) is 22.1 Å². The van der Waals surface area contributed by atoms with E-state index in [9.17, 15) is 0 Å². The monoisotopic (exact) mass is 320 g/mol. The molecule has 0 aliphatic rings. The second-order valence-corrected chi connectivity index (χ2v) is 5.34. The van der Waals surface area contributed by atoms with Gasteiger partial charge in [0.1, 0.15) is 0 Å². The summed E-state index contributed by atoms with van der Waals surface area (Å²) in [5, 5.41) is 0.527. The second kappa shape index (κ2) is 4.75. The zero-order valence-corrected chi connectivity index (χ0v) is 11.8. The average Bonchev–Trinajstić information content (AvgIpc) is 2.69. The maximum absolute atomic E-state index is 6.19. The number of para-hydroxylation sites is 2. The van der Waals surface area contributed by atoms with Gasteiger partial charge < -0.3 is 4.57 Å². The third-order valence-corrected chi connectivity index (χ3v) is 3.68. The zero-order chi connectivity index (χ0) is 12.5. The van der Waals surface area contributed by atoms with Gasteiger partial charge in [0, 0.05) is 4.47 Å². The van der Waals surface area contributed by atoms with Crippen LogP contribution in [0.3, 0.4) is 0 Å². The largest absolute Gasteiger partial charge is 0.310 e. The molecule has 0 saturated carbocycles. The van der Waals surface area contributed by atoms with Crippen molar-refractivity contribution in [2.24, 2.45) is 0 Å². The van der Waals surface area contributed by atoms with Gasteiger partial charge in [0.25, 0.3) is 0 Å². The molecule has 0 N–H and O–H groups in total. The number of aromatic nitrogens is 2. The van der Waals surface area contributed by atoms with Crippen LogP contribution in [0, 0.1) is 0 Å². The Kier molecular flexibility index (Phi) is 3.10. The summed E-state index contributed by atoms with van der Waals surface area (Å²) in [6.45, 7) is 0.729. The number of nitrogens with zero attached hydrogens (tertiary/aromatic N) is 2. The minimum atomic E-state index is 0.527. The van der Waals surface area contributed by atoms with Crippen LogP contribution in [0.1, 0.15) is 5.56 Å². The van der Waals surface area contributed by atoms with Crippen molar-refractivity contribution in [1.29, 1.82) is 0 Å². The number of rotatable bonds is 2. The molecule has 1 heterocycles. The molecule has 3 rings (SSSR count). The van der Waals surface area contributed by atoms with E-state index in [1.807, 2.05) is 41.0 Å². The maximum Gasteiger partial charge on any atom is 0.204 e. The van der Waals surface area contributed by atoms with Gasteiger partial charge in [-0.1, -0.05) is 40.2 Å². The van der Waals surface area contributed by atoms with Gasteiger partial charge in [-0.05, 0) is 41.4 Å². The summed E-state index contributed by atoms with van der Waals surface area (Å²) in [7, 11) is 0. The first kappa shape index (κ1) is 11.8. The zero-order valence-electron chi connectivity index (χ0n) is 9.48. The van der Waals surface area contributed by atoms with Crippen LogP contribution in [0.15, 0.2) is 53.0 Å². The first-order valence-electron chi connectivity index (χ1n) is 5.59. The SMILES string of the molecule is Clc1nc2ccccc2n1Cc1ccc(Br)cc1. The maximum atomic E-state index is 6.19. The Morgan fingerprint density at radius 2 is 1.78 bits per heavy atom. The molecule has 18 heavy (non-hydrogen) atoms. The molecular formula is C14H10BrClN2. The predicted molar refractivity (Wildman–Crippen MR) is 78.0 cm³/mol. The van der Waals surface area contributed by atoms with Crippen molar-refractivity contribution in [3.63, 3.8) is 0 Å². The van der Waals surface area contributed by atoms with Crippen molar-refractivity contribution in [3.8, 4) is 0 Å². The average molecular weight is 322 g/mol. The molecule has 0 aliphatic carbocycles. The molecule has 0 radical (unpaired) electrons. The van der Waals surface area contributed by atoms with Gasteiger partial charge in [-0.15, -0.1) is 0 Å². The highest BCUT2D eigenvalue weighted by atomic mass is 79.9. The Labute approximate surface area is 118 Å². The molecule has 0 bridgehead atoms. The standard InChI is InChI=1S/C14H10BrClN2/c15-11-7-5-10(6-8-11)9-18-13-4-2-1-3-12(13)17-14(18)16/h1-8H,9H2. The fraction of sp³-hybridized carbons (Fsp3) is 0.0714. The van der Waals surface area contributed by atoms with Crippen LogP contribution < -0.4 is 0 Å². The Hall–Kier alpha value is -1.32. The van der Waals surface area contributed by atoms with E-state index in [-0.39, 0.29) is 0 Å². The minimum absolute atomic E-state index is 0.527. The number of fused-ring (bicyclic) bond motifs is 1. The number of halogens is 2. The van der Waals surface area contributed by atoms with E-state index in [1.165, 1.54) is 5.56 Å². The Morgan fingerprint density at radius 1 is 1.06 bits per heavy atom. The van der Waals surface area contributed by atoms with Gasteiger partial charge >= 0.3 is 0 Å². The number of hydrogen-bond acceptors (Lipinski definition) is 1. The first-order chi connectivity index (χ1) is 8.74. The van der Waals surface area contributed by atoms with Crippen LogP contribution in [0.25, 0.3) is 11.0 Å². The molecule has 0 saturated heterocycles. The van der Waals surface area contributed by atoms with Crippen molar-refractivity contribution >= 4 is 38.6 Å². The molecule has 0 spiro atoms. The summed E-state index contributed by atoms with van der Waals surface area (Å²) in [6.07, 6.45) is 0. The van der Waals surface area contributed by atoms with E-state index in [1.54, 1.807) is 0 Å². The van der Waals surface area contributed by atoms with Gasteiger partial charge in [-0.25, -0.2) is 4.98 Å². The highest BCUT2D eigenvalue weighted by molar-refractivity contribution is 9.10. The fourth-order valence-electron chi connectivity index (χ4n) is 1.97. The summed E-state index contributed by atoms with van der Waals surface area (Å²) < 4.78 is 3.09. The van der Waals surface area contributed by atoms with Crippen LogP contribution >= 0.6 is 27.5 Å². The first-order valence-corrected chi connectivity index (χ1v) is 6.76. The van der Waals surface area contributed by atoms with Gasteiger partial charge in [-0.2, -0.15) is 0 Å². The molecule has 0 aliphatic heterocycles. The third-order valence-electron chi connectivity index (χ3n) is 2.86. The van der Waals surface area contributed by atoms with Crippen molar-refractivity contribution in [2.45, 2.75) is 6.54 Å². The lowest BCUT2D eigenvalue weighted by molar-refractivity contribution is 0.825. The molecule has 0 unspecified atom stereocenters. The minimum Gasteiger partial charge on any atom is -0.310 e. The molecule has 90 valence electrons. The van der Waals surface area contributed by atoms with Gasteiger partial charge in [0.05, 0.1) is 17.6 Å².